The van der Waals surface area contributed by atoms with Crippen LogP contribution in [0.15, 0.2) is 10.4 Å². The van der Waals surface area contributed by atoms with Crippen LogP contribution < -0.4 is 10.6 Å². The second-order valence-corrected chi connectivity index (χ2v) is 5.56. The molecule has 0 radical (unpaired) electrons. The summed E-state index contributed by atoms with van der Waals surface area (Å²) in [5, 5.41) is 9.89. The van der Waals surface area contributed by atoms with E-state index in [0.29, 0.717) is 0 Å². The first-order chi connectivity index (χ1) is 9.26. The number of aryl methyl sites for hydroxylation is 1. The Morgan fingerprint density at radius 3 is 2.70 bits per heavy atom. The van der Waals surface area contributed by atoms with E-state index in [1.165, 1.54) is 19.3 Å². The molecule has 0 aromatic carbocycles. The SMILES string of the molecule is CCCCCN=C(NCC)NCCc1csc(C)n1.I. The summed E-state index contributed by atoms with van der Waals surface area (Å²) >= 11 is 1.71. The van der Waals surface area contributed by atoms with Gasteiger partial charge in [-0.05, 0) is 20.3 Å². The molecule has 1 aromatic heterocycles. The molecule has 0 aliphatic rings. The van der Waals surface area contributed by atoms with E-state index in [2.05, 4.69) is 39.8 Å². The van der Waals surface area contributed by atoms with E-state index in [9.17, 15) is 0 Å². The van der Waals surface area contributed by atoms with Crippen molar-refractivity contribution in [3.05, 3.63) is 16.1 Å². The molecule has 0 amide bonds. The van der Waals surface area contributed by atoms with Gasteiger partial charge in [-0.1, -0.05) is 19.8 Å². The van der Waals surface area contributed by atoms with Gasteiger partial charge < -0.3 is 10.6 Å². The van der Waals surface area contributed by atoms with Crippen molar-refractivity contribution >= 4 is 41.3 Å². The highest BCUT2D eigenvalue weighted by Gasteiger charge is 2.00. The minimum atomic E-state index is 0. The fraction of sp³-hybridized carbons (Fsp3) is 0.714. The maximum Gasteiger partial charge on any atom is 0.191 e. The lowest BCUT2D eigenvalue weighted by Crippen LogP contribution is -2.38. The minimum absolute atomic E-state index is 0. The van der Waals surface area contributed by atoms with Gasteiger partial charge in [0, 0.05) is 31.4 Å². The molecule has 0 aliphatic heterocycles. The number of nitrogens with zero attached hydrogens (tertiary/aromatic N) is 2. The van der Waals surface area contributed by atoms with Gasteiger partial charge in [0.2, 0.25) is 0 Å². The second kappa shape index (κ2) is 12.4. The molecule has 0 fully saturated rings. The van der Waals surface area contributed by atoms with Crippen molar-refractivity contribution in [3.8, 4) is 0 Å². The Balaban J connectivity index is 0.00000361. The molecule has 4 nitrogen and oxygen atoms in total. The Bertz CT molecular complexity index is 379. The maximum absolute atomic E-state index is 4.56. The highest BCUT2D eigenvalue weighted by molar-refractivity contribution is 14.0. The first-order valence-electron chi connectivity index (χ1n) is 7.19. The van der Waals surface area contributed by atoms with Crippen molar-refractivity contribution in [3.63, 3.8) is 0 Å². The van der Waals surface area contributed by atoms with E-state index in [0.717, 1.165) is 42.7 Å². The number of thiazole rings is 1. The van der Waals surface area contributed by atoms with Gasteiger partial charge in [0.25, 0.3) is 0 Å². The summed E-state index contributed by atoms with van der Waals surface area (Å²) in [6.45, 7) is 9.02. The van der Waals surface area contributed by atoms with E-state index in [1.807, 2.05) is 6.92 Å². The standard InChI is InChI=1S/C14H26N4S.HI/c1-4-6-7-9-16-14(15-5-2)17-10-8-13-11-19-12(3)18-13;/h11H,4-10H2,1-3H3,(H2,15,16,17);1H. The normalized spacial score (nSPS) is 11.1. The summed E-state index contributed by atoms with van der Waals surface area (Å²) in [5.41, 5.74) is 1.16. The lowest BCUT2D eigenvalue weighted by Gasteiger charge is -2.10. The number of hydrogen-bond acceptors (Lipinski definition) is 3. The number of guanidine groups is 1. The van der Waals surface area contributed by atoms with E-state index in [1.54, 1.807) is 11.3 Å². The molecule has 1 heterocycles. The molecule has 0 aliphatic carbocycles. The van der Waals surface area contributed by atoms with Gasteiger partial charge in [0.05, 0.1) is 10.7 Å². The predicted octanol–water partition coefficient (Wildman–Crippen LogP) is 3.36. The first kappa shape index (κ1) is 19.6. The maximum atomic E-state index is 4.56. The van der Waals surface area contributed by atoms with Gasteiger partial charge in [-0.25, -0.2) is 4.98 Å². The number of unbranched alkanes of at least 4 members (excludes halogenated alkanes) is 2. The third-order valence-corrected chi connectivity index (χ3v) is 3.54. The van der Waals surface area contributed by atoms with Gasteiger partial charge in [0.1, 0.15) is 0 Å². The summed E-state index contributed by atoms with van der Waals surface area (Å²) in [5.74, 6) is 0.922. The third-order valence-electron chi connectivity index (χ3n) is 2.72. The summed E-state index contributed by atoms with van der Waals surface area (Å²) in [6, 6.07) is 0. The zero-order valence-corrected chi connectivity index (χ0v) is 15.9. The topological polar surface area (TPSA) is 49.3 Å². The molecule has 0 spiro atoms. The summed E-state index contributed by atoms with van der Waals surface area (Å²) in [4.78, 5) is 9.02. The second-order valence-electron chi connectivity index (χ2n) is 4.50. The van der Waals surface area contributed by atoms with E-state index >= 15 is 0 Å². The number of aromatic nitrogens is 1. The Morgan fingerprint density at radius 1 is 1.30 bits per heavy atom. The van der Waals surface area contributed by atoms with Crippen molar-refractivity contribution in [2.24, 2.45) is 4.99 Å². The number of aliphatic imine (C=N–C) groups is 1. The molecule has 1 aromatic rings. The minimum Gasteiger partial charge on any atom is -0.357 e. The van der Waals surface area contributed by atoms with Crippen LogP contribution in [-0.4, -0.2) is 30.6 Å². The van der Waals surface area contributed by atoms with Crippen LogP contribution in [0.25, 0.3) is 0 Å². The Morgan fingerprint density at radius 2 is 2.10 bits per heavy atom. The van der Waals surface area contributed by atoms with Crippen LogP contribution in [0, 0.1) is 6.92 Å². The summed E-state index contributed by atoms with van der Waals surface area (Å²) in [6.07, 6.45) is 4.60. The molecule has 6 heteroatoms. The van der Waals surface area contributed by atoms with Crippen molar-refractivity contribution in [2.75, 3.05) is 19.6 Å². The Labute approximate surface area is 143 Å². The van der Waals surface area contributed by atoms with Crippen molar-refractivity contribution in [1.82, 2.24) is 15.6 Å². The fourth-order valence-corrected chi connectivity index (χ4v) is 2.37. The molecule has 0 saturated heterocycles. The van der Waals surface area contributed by atoms with Gasteiger partial charge in [0.15, 0.2) is 5.96 Å². The zero-order valence-electron chi connectivity index (χ0n) is 12.7. The lowest BCUT2D eigenvalue weighted by atomic mass is 10.2. The molecule has 1 rings (SSSR count). The fourth-order valence-electron chi connectivity index (χ4n) is 1.73. The number of halogens is 1. The van der Waals surface area contributed by atoms with Crippen LogP contribution in [0.3, 0.4) is 0 Å². The molecule has 0 atom stereocenters. The average molecular weight is 410 g/mol. The van der Waals surface area contributed by atoms with Crippen LogP contribution in [0.2, 0.25) is 0 Å². The summed E-state index contributed by atoms with van der Waals surface area (Å²) < 4.78 is 0. The van der Waals surface area contributed by atoms with Gasteiger partial charge >= 0.3 is 0 Å². The first-order valence-corrected chi connectivity index (χ1v) is 8.07. The number of hydrogen-bond donors (Lipinski definition) is 2. The van der Waals surface area contributed by atoms with E-state index in [-0.39, 0.29) is 24.0 Å². The van der Waals surface area contributed by atoms with Crippen LogP contribution in [0.5, 0.6) is 0 Å². The molecule has 116 valence electrons. The van der Waals surface area contributed by atoms with E-state index < -0.39 is 0 Å². The van der Waals surface area contributed by atoms with Crippen molar-refractivity contribution in [2.45, 2.75) is 46.5 Å². The molecule has 20 heavy (non-hydrogen) atoms. The van der Waals surface area contributed by atoms with Gasteiger partial charge in [-0.3, -0.25) is 4.99 Å². The van der Waals surface area contributed by atoms with Gasteiger partial charge in [-0.2, -0.15) is 0 Å². The zero-order chi connectivity index (χ0) is 13.9. The largest absolute Gasteiger partial charge is 0.357 e. The number of nitrogens with one attached hydrogen (secondary N) is 2. The number of rotatable bonds is 8. The van der Waals surface area contributed by atoms with Crippen LogP contribution in [-0.2, 0) is 6.42 Å². The molecule has 0 saturated carbocycles. The summed E-state index contributed by atoms with van der Waals surface area (Å²) in [7, 11) is 0. The highest BCUT2D eigenvalue weighted by Crippen LogP contribution is 2.07. The Kier molecular flexibility index (Phi) is 12.1. The Hall–Kier alpha value is -0.370. The van der Waals surface area contributed by atoms with Crippen LogP contribution in [0.1, 0.15) is 43.8 Å². The van der Waals surface area contributed by atoms with Crippen LogP contribution in [0.4, 0.5) is 0 Å². The molecule has 2 N–H and O–H groups in total. The quantitative estimate of drug-likeness (QED) is 0.299. The molecular formula is C14H27IN4S. The van der Waals surface area contributed by atoms with Crippen molar-refractivity contribution < 1.29 is 0 Å². The van der Waals surface area contributed by atoms with Crippen LogP contribution >= 0.6 is 35.3 Å². The smallest absolute Gasteiger partial charge is 0.191 e. The average Bonchev–Trinajstić information content (AvgIpc) is 2.80. The third kappa shape index (κ3) is 8.73. The van der Waals surface area contributed by atoms with E-state index in [4.69, 9.17) is 0 Å². The highest BCUT2D eigenvalue weighted by atomic mass is 127. The monoisotopic (exact) mass is 410 g/mol. The molecular weight excluding hydrogens is 383 g/mol. The lowest BCUT2D eigenvalue weighted by molar-refractivity contribution is 0.716. The van der Waals surface area contributed by atoms with Gasteiger partial charge in [-0.15, -0.1) is 35.3 Å². The molecule has 0 unspecified atom stereocenters. The predicted molar refractivity (Wildman–Crippen MR) is 99.5 cm³/mol. The van der Waals surface area contributed by atoms with Crippen molar-refractivity contribution in [1.29, 1.82) is 0 Å². The molecule has 0 bridgehead atoms.